The van der Waals surface area contributed by atoms with Crippen molar-refractivity contribution in [2.45, 2.75) is 45.3 Å². The molecule has 3 aromatic rings. The fourth-order valence-electron chi connectivity index (χ4n) is 4.40. The van der Waals surface area contributed by atoms with Gasteiger partial charge in [0.1, 0.15) is 29.1 Å². The Balaban J connectivity index is 1.67. The van der Waals surface area contributed by atoms with Crippen molar-refractivity contribution < 1.29 is 27.8 Å². The molecule has 1 atom stereocenters. The monoisotopic (exact) mass is 553 g/mol. The van der Waals surface area contributed by atoms with Crippen LogP contribution in [0.15, 0.2) is 42.5 Å². The summed E-state index contributed by atoms with van der Waals surface area (Å²) in [6.07, 6.45) is 0.844. The topological polar surface area (TPSA) is 91.7 Å². The molecule has 0 aliphatic carbocycles. The van der Waals surface area contributed by atoms with Crippen LogP contribution in [0, 0.1) is 23.0 Å². The minimum absolute atomic E-state index is 0.112. The van der Waals surface area contributed by atoms with Crippen molar-refractivity contribution in [2.24, 2.45) is 0 Å². The van der Waals surface area contributed by atoms with E-state index in [0.29, 0.717) is 52.6 Å². The van der Waals surface area contributed by atoms with Gasteiger partial charge in [-0.05, 0) is 69.5 Å². The van der Waals surface area contributed by atoms with Gasteiger partial charge in [0, 0.05) is 41.2 Å². The number of thiophene rings is 1. The highest BCUT2D eigenvalue weighted by Gasteiger charge is 2.29. The number of likely N-dealkylation sites (tertiary alicyclic amines) is 1. The number of hydrogen-bond donors (Lipinski definition) is 1. The molecule has 2 amide bonds. The van der Waals surface area contributed by atoms with Gasteiger partial charge in [-0.3, -0.25) is 4.79 Å². The third kappa shape index (κ3) is 6.55. The van der Waals surface area contributed by atoms with E-state index in [1.807, 2.05) is 0 Å². The standard InChI is InChI=1S/C29H29F2N3O4S/c1-29(2,3)38-28(36)33-19-6-5-11-34(16-19)27(35)25-14-22(17-7-8-18(15-32)23(30)12-17)26(39-25)21-10-9-20(37-4)13-24(21)31/h7-10,12-14,19H,5-6,11,16H2,1-4H3,(H,33,36)/t19-/m1/s1. The van der Waals surface area contributed by atoms with Crippen LogP contribution in [-0.2, 0) is 4.74 Å². The van der Waals surface area contributed by atoms with Crippen molar-refractivity contribution in [2.75, 3.05) is 20.2 Å². The van der Waals surface area contributed by atoms with Crippen LogP contribution in [-0.4, -0.2) is 48.7 Å². The van der Waals surface area contributed by atoms with Crippen molar-refractivity contribution >= 4 is 23.3 Å². The van der Waals surface area contributed by atoms with Crippen molar-refractivity contribution in [3.63, 3.8) is 0 Å². The molecule has 1 N–H and O–H groups in total. The zero-order chi connectivity index (χ0) is 28.3. The van der Waals surface area contributed by atoms with E-state index in [0.717, 1.165) is 11.3 Å². The third-order valence-corrected chi connectivity index (χ3v) is 7.35. The molecule has 0 bridgehead atoms. The molecule has 39 heavy (non-hydrogen) atoms. The molecule has 1 fully saturated rings. The molecule has 0 radical (unpaired) electrons. The van der Waals surface area contributed by atoms with E-state index in [1.165, 1.54) is 25.3 Å². The van der Waals surface area contributed by atoms with Crippen LogP contribution < -0.4 is 10.1 Å². The van der Waals surface area contributed by atoms with Gasteiger partial charge in [0.15, 0.2) is 0 Å². The number of hydrogen-bond acceptors (Lipinski definition) is 6. The summed E-state index contributed by atoms with van der Waals surface area (Å²) in [7, 11) is 1.44. The lowest BCUT2D eigenvalue weighted by atomic mass is 10.00. The summed E-state index contributed by atoms with van der Waals surface area (Å²) in [6.45, 7) is 6.13. The maximum Gasteiger partial charge on any atom is 0.407 e. The van der Waals surface area contributed by atoms with Crippen molar-refractivity contribution in [3.05, 3.63) is 64.5 Å². The molecule has 1 aliphatic heterocycles. The Morgan fingerprint density at radius 1 is 1.10 bits per heavy atom. The number of nitrogens with zero attached hydrogens (tertiary/aromatic N) is 2. The van der Waals surface area contributed by atoms with E-state index in [4.69, 9.17) is 14.7 Å². The van der Waals surface area contributed by atoms with E-state index >= 15 is 4.39 Å². The molecule has 1 saturated heterocycles. The summed E-state index contributed by atoms with van der Waals surface area (Å²) in [5.74, 6) is -1.19. The molecule has 4 rings (SSSR count). The number of piperidine rings is 1. The Bertz CT molecular complexity index is 1440. The molecule has 0 unspecified atom stereocenters. The van der Waals surface area contributed by atoms with Gasteiger partial charge in [0.05, 0.1) is 17.6 Å². The van der Waals surface area contributed by atoms with Crippen LogP contribution in [0.2, 0.25) is 0 Å². The highest BCUT2D eigenvalue weighted by molar-refractivity contribution is 7.18. The Hall–Kier alpha value is -3.97. The van der Waals surface area contributed by atoms with E-state index in [-0.39, 0.29) is 23.1 Å². The number of carbonyl (C=O) groups excluding carboxylic acids is 2. The van der Waals surface area contributed by atoms with Gasteiger partial charge in [-0.25, -0.2) is 13.6 Å². The molecule has 1 aliphatic rings. The predicted octanol–water partition coefficient (Wildman–Crippen LogP) is 6.37. The average molecular weight is 554 g/mol. The molecule has 0 spiro atoms. The molecule has 10 heteroatoms. The summed E-state index contributed by atoms with van der Waals surface area (Å²) < 4.78 is 40.1. The van der Waals surface area contributed by atoms with Crippen LogP contribution in [0.4, 0.5) is 13.6 Å². The Kier molecular flexibility index (Phi) is 8.21. The first-order valence-corrected chi connectivity index (χ1v) is 13.3. The first kappa shape index (κ1) is 28.0. The molecule has 1 aromatic heterocycles. The van der Waals surface area contributed by atoms with Crippen LogP contribution in [0.3, 0.4) is 0 Å². The third-order valence-electron chi connectivity index (χ3n) is 6.19. The van der Waals surface area contributed by atoms with E-state index < -0.39 is 23.3 Å². The summed E-state index contributed by atoms with van der Waals surface area (Å²) in [4.78, 5) is 28.3. The maximum atomic E-state index is 15.1. The quantitative estimate of drug-likeness (QED) is 0.396. The number of methoxy groups -OCH3 is 1. The minimum atomic E-state index is -0.706. The minimum Gasteiger partial charge on any atom is -0.497 e. The fourth-order valence-corrected chi connectivity index (χ4v) is 5.58. The summed E-state index contributed by atoms with van der Waals surface area (Å²) >= 11 is 1.10. The second-order valence-corrected chi connectivity index (χ2v) is 11.3. The van der Waals surface area contributed by atoms with Gasteiger partial charge in [-0.1, -0.05) is 6.07 Å². The maximum absolute atomic E-state index is 15.1. The van der Waals surface area contributed by atoms with Crippen LogP contribution in [0.1, 0.15) is 48.8 Å². The molecule has 0 saturated carbocycles. The first-order chi connectivity index (χ1) is 18.5. The summed E-state index contributed by atoms with van der Waals surface area (Å²) in [6, 6.07) is 11.7. The lowest BCUT2D eigenvalue weighted by Crippen LogP contribution is -2.50. The molecule has 7 nitrogen and oxygen atoms in total. The molecular formula is C29H29F2N3O4S. The van der Waals surface area contributed by atoms with Crippen LogP contribution in [0.25, 0.3) is 21.6 Å². The van der Waals surface area contributed by atoms with Gasteiger partial charge < -0.3 is 19.7 Å². The summed E-state index contributed by atoms with van der Waals surface area (Å²) in [5, 5.41) is 12.0. The highest BCUT2D eigenvalue weighted by Crippen LogP contribution is 2.42. The number of alkyl carbamates (subject to hydrolysis) is 1. The number of nitrogens with one attached hydrogen (secondary N) is 1. The van der Waals surface area contributed by atoms with Gasteiger partial charge in [-0.15, -0.1) is 11.3 Å². The van der Waals surface area contributed by atoms with Crippen molar-refractivity contribution in [3.8, 4) is 33.4 Å². The summed E-state index contributed by atoms with van der Waals surface area (Å²) in [5.41, 5.74) is 0.369. The smallest absolute Gasteiger partial charge is 0.407 e. The number of amides is 2. The average Bonchev–Trinajstić information content (AvgIpc) is 3.32. The lowest BCUT2D eigenvalue weighted by Gasteiger charge is -2.33. The van der Waals surface area contributed by atoms with Gasteiger partial charge >= 0.3 is 6.09 Å². The van der Waals surface area contributed by atoms with Crippen molar-refractivity contribution in [1.82, 2.24) is 10.2 Å². The number of ether oxygens (including phenoxy) is 2. The van der Waals surface area contributed by atoms with Gasteiger partial charge in [0.25, 0.3) is 5.91 Å². The van der Waals surface area contributed by atoms with E-state index in [2.05, 4.69) is 5.32 Å². The normalized spacial score (nSPS) is 15.4. The molecule has 2 heterocycles. The number of nitriles is 1. The zero-order valence-corrected chi connectivity index (χ0v) is 23.0. The molecule has 204 valence electrons. The molecular weight excluding hydrogens is 524 g/mol. The second-order valence-electron chi connectivity index (χ2n) is 10.2. The van der Waals surface area contributed by atoms with E-state index in [1.54, 1.807) is 56.0 Å². The molecule has 2 aromatic carbocycles. The Labute approximate surface area is 230 Å². The van der Waals surface area contributed by atoms with Gasteiger partial charge in [-0.2, -0.15) is 5.26 Å². The van der Waals surface area contributed by atoms with Crippen molar-refractivity contribution in [1.29, 1.82) is 5.26 Å². The number of rotatable bonds is 5. The van der Waals surface area contributed by atoms with Gasteiger partial charge in [0.2, 0.25) is 0 Å². The first-order valence-electron chi connectivity index (χ1n) is 12.5. The van der Waals surface area contributed by atoms with Crippen LogP contribution >= 0.6 is 11.3 Å². The number of halogens is 2. The van der Waals surface area contributed by atoms with Crippen LogP contribution in [0.5, 0.6) is 5.75 Å². The second kappa shape index (κ2) is 11.4. The highest BCUT2D eigenvalue weighted by atomic mass is 32.1. The number of benzene rings is 2. The Morgan fingerprint density at radius 3 is 2.51 bits per heavy atom. The Morgan fingerprint density at radius 2 is 1.87 bits per heavy atom. The lowest BCUT2D eigenvalue weighted by molar-refractivity contribution is 0.0453. The zero-order valence-electron chi connectivity index (χ0n) is 22.1. The predicted molar refractivity (Wildman–Crippen MR) is 145 cm³/mol. The number of carbonyl (C=O) groups is 2. The fraction of sp³-hybridized carbons (Fsp3) is 0.345. The largest absolute Gasteiger partial charge is 0.497 e. The van der Waals surface area contributed by atoms with E-state index in [9.17, 15) is 14.0 Å². The SMILES string of the molecule is COc1ccc(-c2sc(C(=O)N3CCC[C@@H](NC(=O)OC(C)(C)C)C3)cc2-c2ccc(C#N)c(F)c2)c(F)c1.